The van der Waals surface area contributed by atoms with Crippen molar-refractivity contribution in [1.29, 1.82) is 0 Å². The highest BCUT2D eigenvalue weighted by Crippen LogP contribution is 2.23. The maximum atomic E-state index is 6.16. The molecule has 1 aromatic carbocycles. The van der Waals surface area contributed by atoms with Crippen molar-refractivity contribution in [2.75, 3.05) is 0 Å². The van der Waals surface area contributed by atoms with Crippen LogP contribution in [0.25, 0.3) is 0 Å². The fourth-order valence-corrected chi connectivity index (χ4v) is 1.86. The molecule has 16 heavy (non-hydrogen) atoms. The molecule has 0 radical (unpaired) electrons. The van der Waals surface area contributed by atoms with Gasteiger partial charge < -0.3 is 5.73 Å². The molecule has 1 aromatic heterocycles. The third-order valence-electron chi connectivity index (χ3n) is 2.61. The van der Waals surface area contributed by atoms with Crippen LogP contribution in [-0.2, 0) is 7.05 Å². The van der Waals surface area contributed by atoms with Crippen LogP contribution in [0.2, 0.25) is 0 Å². The molecule has 0 saturated carbocycles. The Labute approximate surface area is 103 Å². The minimum absolute atomic E-state index is 0.188. The maximum absolute atomic E-state index is 6.16. The predicted octanol–water partition coefficient (Wildman–Crippen LogP) is 1.93. The Hall–Kier alpha value is -1.20. The summed E-state index contributed by atoms with van der Waals surface area (Å²) in [6.07, 6.45) is 1.70. The molecular formula is C11H13BrN4. The van der Waals surface area contributed by atoms with Gasteiger partial charge >= 0.3 is 0 Å². The smallest absolute Gasteiger partial charge is 0.0796 e. The Kier molecular flexibility index (Phi) is 3.07. The van der Waals surface area contributed by atoms with Gasteiger partial charge in [-0.2, -0.15) is 0 Å². The number of hydrogen-bond acceptors (Lipinski definition) is 3. The molecule has 2 rings (SSSR count). The number of rotatable bonds is 2. The van der Waals surface area contributed by atoms with E-state index in [2.05, 4.69) is 32.3 Å². The second-order valence-corrected chi connectivity index (χ2v) is 4.62. The van der Waals surface area contributed by atoms with E-state index >= 15 is 0 Å². The predicted molar refractivity (Wildman–Crippen MR) is 65.9 cm³/mol. The monoisotopic (exact) mass is 280 g/mol. The van der Waals surface area contributed by atoms with Gasteiger partial charge in [-0.05, 0) is 24.1 Å². The zero-order valence-corrected chi connectivity index (χ0v) is 10.8. The molecule has 0 aliphatic rings. The summed E-state index contributed by atoms with van der Waals surface area (Å²) in [4.78, 5) is 0. The van der Waals surface area contributed by atoms with E-state index in [4.69, 9.17) is 5.73 Å². The Morgan fingerprint density at radius 2 is 2.19 bits per heavy atom. The lowest BCUT2D eigenvalue weighted by molar-refractivity contribution is 0.651. The van der Waals surface area contributed by atoms with Gasteiger partial charge in [0, 0.05) is 11.5 Å². The van der Waals surface area contributed by atoms with Crippen molar-refractivity contribution in [2.45, 2.75) is 13.0 Å². The van der Waals surface area contributed by atoms with Gasteiger partial charge in [-0.25, -0.2) is 0 Å². The van der Waals surface area contributed by atoms with Crippen LogP contribution < -0.4 is 5.73 Å². The van der Waals surface area contributed by atoms with Crippen molar-refractivity contribution < 1.29 is 0 Å². The van der Waals surface area contributed by atoms with Crippen molar-refractivity contribution in [2.24, 2.45) is 12.8 Å². The molecule has 2 N–H and O–H groups in total. The number of nitrogens with zero attached hydrogens (tertiary/aromatic N) is 3. The third kappa shape index (κ3) is 2.01. The zero-order chi connectivity index (χ0) is 11.7. The van der Waals surface area contributed by atoms with Crippen LogP contribution in [0, 0.1) is 6.92 Å². The lowest BCUT2D eigenvalue weighted by Crippen LogP contribution is -2.16. The average Bonchev–Trinajstić information content (AvgIpc) is 2.67. The SMILES string of the molecule is Cc1cc(C(N)c2cnnn2C)ccc1Br. The molecule has 1 unspecified atom stereocenters. The van der Waals surface area contributed by atoms with Gasteiger partial charge in [0.1, 0.15) is 0 Å². The summed E-state index contributed by atoms with van der Waals surface area (Å²) in [6, 6.07) is 5.90. The van der Waals surface area contributed by atoms with Gasteiger partial charge in [-0.3, -0.25) is 4.68 Å². The van der Waals surface area contributed by atoms with Crippen LogP contribution in [0.3, 0.4) is 0 Å². The molecule has 0 aliphatic carbocycles. The summed E-state index contributed by atoms with van der Waals surface area (Å²) in [6.45, 7) is 2.04. The quantitative estimate of drug-likeness (QED) is 0.915. The van der Waals surface area contributed by atoms with Crippen LogP contribution in [0.15, 0.2) is 28.9 Å². The van der Waals surface area contributed by atoms with E-state index in [0.29, 0.717) is 0 Å². The molecule has 1 atom stereocenters. The van der Waals surface area contributed by atoms with Crippen molar-refractivity contribution in [1.82, 2.24) is 15.0 Å². The van der Waals surface area contributed by atoms with Crippen LogP contribution in [0.1, 0.15) is 22.9 Å². The molecule has 0 bridgehead atoms. The number of aryl methyl sites for hydroxylation is 2. The van der Waals surface area contributed by atoms with Crippen molar-refractivity contribution in [3.8, 4) is 0 Å². The van der Waals surface area contributed by atoms with Gasteiger partial charge in [0.05, 0.1) is 17.9 Å². The lowest BCUT2D eigenvalue weighted by atomic mass is 10.0. The van der Waals surface area contributed by atoms with Gasteiger partial charge in [0.15, 0.2) is 0 Å². The van der Waals surface area contributed by atoms with Crippen molar-refractivity contribution >= 4 is 15.9 Å². The third-order valence-corrected chi connectivity index (χ3v) is 3.50. The molecule has 0 amide bonds. The molecule has 84 valence electrons. The van der Waals surface area contributed by atoms with E-state index in [1.54, 1.807) is 10.9 Å². The molecule has 0 aliphatic heterocycles. The first-order valence-electron chi connectivity index (χ1n) is 4.96. The highest BCUT2D eigenvalue weighted by molar-refractivity contribution is 9.10. The van der Waals surface area contributed by atoms with Gasteiger partial charge in [-0.1, -0.05) is 33.3 Å². The normalized spacial score (nSPS) is 12.8. The number of benzene rings is 1. The fourth-order valence-electron chi connectivity index (χ4n) is 1.61. The lowest BCUT2D eigenvalue weighted by Gasteiger charge is -2.12. The Morgan fingerprint density at radius 3 is 2.75 bits per heavy atom. The average molecular weight is 281 g/mol. The van der Waals surface area contributed by atoms with E-state index < -0.39 is 0 Å². The molecule has 0 saturated heterocycles. The Bertz CT molecular complexity index is 506. The molecule has 0 spiro atoms. The van der Waals surface area contributed by atoms with E-state index in [9.17, 15) is 0 Å². The van der Waals surface area contributed by atoms with Crippen LogP contribution in [0.4, 0.5) is 0 Å². The first-order valence-corrected chi connectivity index (χ1v) is 5.75. The first-order chi connectivity index (χ1) is 7.59. The highest BCUT2D eigenvalue weighted by Gasteiger charge is 2.13. The summed E-state index contributed by atoms with van der Waals surface area (Å²) in [5.41, 5.74) is 9.30. The second-order valence-electron chi connectivity index (χ2n) is 3.77. The summed E-state index contributed by atoms with van der Waals surface area (Å²) >= 11 is 3.47. The van der Waals surface area contributed by atoms with Gasteiger partial charge in [0.2, 0.25) is 0 Å². The maximum Gasteiger partial charge on any atom is 0.0796 e. The fraction of sp³-hybridized carbons (Fsp3) is 0.273. The van der Waals surface area contributed by atoms with E-state index in [1.165, 1.54) is 5.56 Å². The minimum atomic E-state index is -0.188. The second kappa shape index (κ2) is 4.35. The van der Waals surface area contributed by atoms with E-state index in [0.717, 1.165) is 15.7 Å². The summed E-state index contributed by atoms with van der Waals surface area (Å²) in [7, 11) is 1.84. The first kappa shape index (κ1) is 11.3. The Morgan fingerprint density at radius 1 is 1.44 bits per heavy atom. The van der Waals surface area contributed by atoms with Crippen molar-refractivity contribution in [3.05, 3.63) is 45.7 Å². The molecular weight excluding hydrogens is 268 g/mol. The molecule has 2 aromatic rings. The topological polar surface area (TPSA) is 56.7 Å². The standard InChI is InChI=1S/C11H13BrN4/c1-7-5-8(3-4-9(7)12)11(13)10-6-14-15-16(10)2/h3-6,11H,13H2,1-2H3. The molecule has 4 nitrogen and oxygen atoms in total. The summed E-state index contributed by atoms with van der Waals surface area (Å²) in [5, 5.41) is 7.71. The van der Waals surface area contributed by atoms with Crippen LogP contribution in [0.5, 0.6) is 0 Å². The van der Waals surface area contributed by atoms with Crippen LogP contribution in [-0.4, -0.2) is 15.0 Å². The van der Waals surface area contributed by atoms with Crippen molar-refractivity contribution in [3.63, 3.8) is 0 Å². The van der Waals surface area contributed by atoms with Gasteiger partial charge in [-0.15, -0.1) is 5.10 Å². The molecule has 0 fully saturated rings. The Balaban J connectivity index is 2.38. The number of hydrogen-bond donors (Lipinski definition) is 1. The number of nitrogens with two attached hydrogens (primary N) is 1. The minimum Gasteiger partial charge on any atom is -0.319 e. The number of halogens is 1. The number of aromatic nitrogens is 3. The molecule has 5 heteroatoms. The summed E-state index contributed by atoms with van der Waals surface area (Å²) in [5.74, 6) is 0. The largest absolute Gasteiger partial charge is 0.319 e. The highest BCUT2D eigenvalue weighted by atomic mass is 79.9. The molecule has 1 heterocycles. The van der Waals surface area contributed by atoms with E-state index in [1.807, 2.05) is 26.1 Å². The van der Waals surface area contributed by atoms with Crippen LogP contribution >= 0.6 is 15.9 Å². The zero-order valence-electron chi connectivity index (χ0n) is 9.18. The van der Waals surface area contributed by atoms with Gasteiger partial charge in [0.25, 0.3) is 0 Å². The summed E-state index contributed by atoms with van der Waals surface area (Å²) < 4.78 is 2.79. The van der Waals surface area contributed by atoms with E-state index in [-0.39, 0.29) is 6.04 Å².